The van der Waals surface area contributed by atoms with Crippen LogP contribution < -0.4 is 10.4 Å². The number of aromatic nitrogens is 6. The van der Waals surface area contributed by atoms with Crippen LogP contribution in [0, 0.1) is 24.3 Å². The van der Waals surface area contributed by atoms with Gasteiger partial charge in [-0.15, -0.1) is 0 Å². The third-order valence-corrected chi connectivity index (χ3v) is 6.71. The van der Waals surface area contributed by atoms with E-state index in [0.29, 0.717) is 12.3 Å². The second kappa shape index (κ2) is 8.29. The summed E-state index contributed by atoms with van der Waals surface area (Å²) >= 11 is 2.34. The number of tetrazole rings is 1. The summed E-state index contributed by atoms with van der Waals surface area (Å²) in [5, 5.41) is 12.4. The third-order valence-electron chi connectivity index (χ3n) is 5.42. The highest BCUT2D eigenvalue weighted by atomic mass is 127. The maximum Gasteiger partial charge on any atom is 0.368 e. The molecule has 0 N–H and O–H groups in total. The fourth-order valence-electron chi connectivity index (χ4n) is 3.41. The molecule has 0 amide bonds. The predicted octanol–water partition coefficient (Wildman–Crippen LogP) is 3.48. The fraction of sp³-hybridized carbons (Fsp3) is 0.273. The molecule has 4 aromatic rings. The molecule has 0 aliphatic carbocycles. The van der Waals surface area contributed by atoms with Gasteiger partial charge in [0.15, 0.2) is 0 Å². The van der Waals surface area contributed by atoms with E-state index in [9.17, 15) is 4.79 Å². The Labute approximate surface area is 193 Å². The lowest BCUT2D eigenvalue weighted by molar-refractivity contribution is 0.302. The molecule has 160 valence electrons. The summed E-state index contributed by atoms with van der Waals surface area (Å²) in [6.45, 7) is 6.38. The van der Waals surface area contributed by atoms with Crippen LogP contribution in [0.2, 0.25) is 0 Å². The van der Waals surface area contributed by atoms with Crippen molar-refractivity contribution in [1.82, 2.24) is 29.6 Å². The Balaban J connectivity index is 1.63. The summed E-state index contributed by atoms with van der Waals surface area (Å²) in [6, 6.07) is 11.8. The zero-order valence-corrected chi connectivity index (χ0v) is 20.2. The van der Waals surface area contributed by atoms with Crippen molar-refractivity contribution in [3.05, 3.63) is 72.8 Å². The molecule has 31 heavy (non-hydrogen) atoms. The average Bonchev–Trinajstić information content (AvgIpc) is 3.21. The van der Waals surface area contributed by atoms with Gasteiger partial charge in [-0.1, -0.05) is 12.1 Å². The summed E-state index contributed by atoms with van der Waals surface area (Å²) in [5.41, 5.74) is 6.47. The summed E-state index contributed by atoms with van der Waals surface area (Å²) in [7, 11) is 3.53. The van der Waals surface area contributed by atoms with E-state index in [1.54, 1.807) is 7.05 Å². The molecule has 2 aromatic carbocycles. The lowest BCUT2D eigenvalue weighted by Gasteiger charge is -2.14. The first-order valence-electron chi connectivity index (χ1n) is 9.78. The molecule has 0 unspecified atom stereocenters. The van der Waals surface area contributed by atoms with Crippen LogP contribution in [0.1, 0.15) is 22.4 Å². The van der Waals surface area contributed by atoms with Crippen LogP contribution in [0.3, 0.4) is 0 Å². The molecule has 4 rings (SSSR count). The molecule has 0 aliphatic heterocycles. The second-order valence-corrected chi connectivity index (χ2v) is 8.59. The maximum atomic E-state index is 12.3. The lowest BCUT2D eigenvalue weighted by Crippen LogP contribution is -2.23. The van der Waals surface area contributed by atoms with Gasteiger partial charge in [-0.25, -0.2) is 4.79 Å². The van der Waals surface area contributed by atoms with Crippen molar-refractivity contribution >= 4 is 22.6 Å². The number of hydrogen-bond acceptors (Lipinski definition) is 5. The SMILES string of the molecule is Cc1cc(-c2nn(C)c(C)c2I)ccc1OCc1c(C)cccc1-n1nnn(C)c1=O. The summed E-state index contributed by atoms with van der Waals surface area (Å²) in [6.07, 6.45) is 0. The third kappa shape index (κ3) is 3.89. The molecular weight excluding hydrogens is 507 g/mol. The molecule has 0 atom stereocenters. The Bertz CT molecular complexity index is 1330. The normalized spacial score (nSPS) is 11.2. The van der Waals surface area contributed by atoms with Crippen LogP contribution in [0.4, 0.5) is 0 Å². The molecule has 0 saturated heterocycles. The number of ether oxygens (including phenoxy) is 1. The highest BCUT2D eigenvalue weighted by Crippen LogP contribution is 2.30. The number of benzene rings is 2. The molecule has 0 radical (unpaired) electrons. The number of hydrogen-bond donors (Lipinski definition) is 0. The van der Waals surface area contributed by atoms with Crippen molar-refractivity contribution in [1.29, 1.82) is 0 Å². The molecule has 0 spiro atoms. The highest BCUT2D eigenvalue weighted by Gasteiger charge is 2.16. The van der Waals surface area contributed by atoms with E-state index >= 15 is 0 Å². The number of aryl methyl sites for hydroxylation is 4. The van der Waals surface area contributed by atoms with Crippen LogP contribution in [-0.2, 0) is 20.7 Å². The fourth-order valence-corrected chi connectivity index (χ4v) is 4.18. The van der Waals surface area contributed by atoms with Crippen molar-refractivity contribution in [2.24, 2.45) is 14.1 Å². The minimum Gasteiger partial charge on any atom is -0.489 e. The van der Waals surface area contributed by atoms with E-state index in [1.807, 2.05) is 55.9 Å². The van der Waals surface area contributed by atoms with Crippen LogP contribution in [0.25, 0.3) is 16.9 Å². The molecule has 0 saturated carbocycles. The summed E-state index contributed by atoms with van der Waals surface area (Å²) < 4.78 is 11.7. The quantitative estimate of drug-likeness (QED) is 0.370. The first-order valence-corrected chi connectivity index (χ1v) is 10.9. The average molecular weight is 530 g/mol. The van der Waals surface area contributed by atoms with E-state index in [1.165, 1.54) is 9.36 Å². The van der Waals surface area contributed by atoms with Gasteiger partial charge in [0.05, 0.1) is 9.26 Å². The van der Waals surface area contributed by atoms with Gasteiger partial charge in [-0.2, -0.15) is 14.5 Å². The van der Waals surface area contributed by atoms with Gasteiger partial charge in [-0.05, 0) is 89.2 Å². The maximum absolute atomic E-state index is 12.3. The Hall–Kier alpha value is -2.95. The zero-order valence-electron chi connectivity index (χ0n) is 18.0. The Morgan fingerprint density at radius 3 is 2.39 bits per heavy atom. The standard InChI is InChI=1S/C22H23IN6O2/c1-13-7-6-8-18(29-22(30)28(5)25-26-29)17(13)12-31-19-10-9-16(11-14(19)2)21-20(23)15(3)27(4)24-21/h6-11H,12H2,1-5H3. The highest BCUT2D eigenvalue weighted by molar-refractivity contribution is 14.1. The van der Waals surface area contributed by atoms with Crippen LogP contribution in [0.15, 0.2) is 41.2 Å². The summed E-state index contributed by atoms with van der Waals surface area (Å²) in [5.74, 6) is 0.784. The number of nitrogens with zero attached hydrogens (tertiary/aromatic N) is 6. The van der Waals surface area contributed by atoms with Crippen LogP contribution in [-0.4, -0.2) is 29.6 Å². The Morgan fingerprint density at radius 2 is 1.77 bits per heavy atom. The van der Waals surface area contributed by atoms with Crippen LogP contribution >= 0.6 is 22.6 Å². The van der Waals surface area contributed by atoms with Gasteiger partial charge < -0.3 is 4.74 Å². The molecule has 2 heterocycles. The zero-order chi connectivity index (χ0) is 22.3. The van der Waals surface area contributed by atoms with Gasteiger partial charge in [-0.3, -0.25) is 4.68 Å². The number of halogens is 1. The van der Waals surface area contributed by atoms with E-state index in [2.05, 4.69) is 51.1 Å². The monoisotopic (exact) mass is 530 g/mol. The van der Waals surface area contributed by atoms with Crippen molar-refractivity contribution < 1.29 is 4.74 Å². The van der Waals surface area contributed by atoms with E-state index in [-0.39, 0.29) is 5.69 Å². The minimum absolute atomic E-state index is 0.298. The Morgan fingerprint density at radius 1 is 1.00 bits per heavy atom. The van der Waals surface area contributed by atoms with Gasteiger partial charge in [0.1, 0.15) is 18.1 Å². The van der Waals surface area contributed by atoms with Gasteiger partial charge in [0.25, 0.3) is 0 Å². The van der Waals surface area contributed by atoms with Gasteiger partial charge in [0.2, 0.25) is 0 Å². The molecule has 9 heteroatoms. The molecule has 8 nitrogen and oxygen atoms in total. The first kappa shape index (κ1) is 21.3. The number of rotatable bonds is 5. The molecule has 0 fully saturated rings. The predicted molar refractivity (Wildman–Crippen MR) is 127 cm³/mol. The van der Waals surface area contributed by atoms with Crippen molar-refractivity contribution in [2.75, 3.05) is 0 Å². The lowest BCUT2D eigenvalue weighted by atomic mass is 10.1. The van der Waals surface area contributed by atoms with Gasteiger partial charge >= 0.3 is 5.69 Å². The van der Waals surface area contributed by atoms with Crippen molar-refractivity contribution in [3.63, 3.8) is 0 Å². The molecule has 0 aliphatic rings. The minimum atomic E-state index is -0.298. The van der Waals surface area contributed by atoms with Crippen molar-refractivity contribution in [3.8, 4) is 22.7 Å². The first-order chi connectivity index (χ1) is 14.8. The van der Waals surface area contributed by atoms with E-state index < -0.39 is 0 Å². The smallest absolute Gasteiger partial charge is 0.368 e. The van der Waals surface area contributed by atoms with Gasteiger partial charge in [0, 0.05) is 30.9 Å². The molecular formula is C22H23IN6O2. The molecule has 0 bridgehead atoms. The largest absolute Gasteiger partial charge is 0.489 e. The molecule has 2 aromatic heterocycles. The second-order valence-electron chi connectivity index (χ2n) is 7.51. The van der Waals surface area contributed by atoms with E-state index in [4.69, 9.17) is 4.74 Å². The summed E-state index contributed by atoms with van der Waals surface area (Å²) in [4.78, 5) is 12.3. The van der Waals surface area contributed by atoms with Crippen LogP contribution in [0.5, 0.6) is 5.75 Å². The Kier molecular flexibility index (Phi) is 5.69. The van der Waals surface area contributed by atoms with Crippen molar-refractivity contribution in [2.45, 2.75) is 27.4 Å². The topological polar surface area (TPSA) is 79.8 Å². The van der Waals surface area contributed by atoms with E-state index in [0.717, 1.165) is 43.0 Å².